The van der Waals surface area contributed by atoms with Crippen LogP contribution in [0.1, 0.15) is 16.7 Å². The molecule has 80 valence electrons. The fraction of sp³-hybridized carbons (Fsp3) is 0.125. The SMILES string of the molecule is C=Cc1cccc(-c2cc(C)cc(C)c2)c1. The Balaban J connectivity index is 2.53. The fourth-order valence-electron chi connectivity index (χ4n) is 1.99. The van der Waals surface area contributed by atoms with Gasteiger partial charge < -0.3 is 0 Å². The molecule has 0 heterocycles. The second-order valence-corrected chi connectivity index (χ2v) is 4.21. The van der Waals surface area contributed by atoms with Crippen molar-refractivity contribution in [2.24, 2.45) is 0 Å². The van der Waals surface area contributed by atoms with Gasteiger partial charge in [0.2, 0.25) is 0 Å². The lowest BCUT2D eigenvalue weighted by Gasteiger charge is -2.06. The first-order chi connectivity index (χ1) is 7.69. The Morgan fingerprint density at radius 2 is 1.56 bits per heavy atom. The molecular formula is C16H16. The number of rotatable bonds is 2. The van der Waals surface area contributed by atoms with E-state index in [0.717, 1.165) is 5.56 Å². The highest BCUT2D eigenvalue weighted by molar-refractivity contribution is 5.68. The van der Waals surface area contributed by atoms with Gasteiger partial charge in [-0.3, -0.25) is 0 Å². The Morgan fingerprint density at radius 1 is 0.875 bits per heavy atom. The lowest BCUT2D eigenvalue weighted by molar-refractivity contribution is 1.38. The van der Waals surface area contributed by atoms with Crippen LogP contribution in [-0.2, 0) is 0 Å². The van der Waals surface area contributed by atoms with Gasteiger partial charge in [-0.1, -0.05) is 60.2 Å². The Bertz CT molecular complexity index is 501. The topological polar surface area (TPSA) is 0 Å². The molecule has 0 bridgehead atoms. The maximum absolute atomic E-state index is 3.80. The lowest BCUT2D eigenvalue weighted by atomic mass is 9.99. The summed E-state index contributed by atoms with van der Waals surface area (Å²) in [5.41, 5.74) is 6.31. The van der Waals surface area contributed by atoms with Crippen molar-refractivity contribution in [3.63, 3.8) is 0 Å². The summed E-state index contributed by atoms with van der Waals surface area (Å²) in [7, 11) is 0. The molecule has 0 amide bonds. The lowest BCUT2D eigenvalue weighted by Crippen LogP contribution is -1.83. The van der Waals surface area contributed by atoms with Gasteiger partial charge in [0.05, 0.1) is 0 Å². The van der Waals surface area contributed by atoms with Crippen LogP contribution in [0.15, 0.2) is 49.0 Å². The molecule has 16 heavy (non-hydrogen) atoms. The largest absolute Gasteiger partial charge is 0.0985 e. The zero-order valence-electron chi connectivity index (χ0n) is 9.83. The van der Waals surface area contributed by atoms with E-state index in [4.69, 9.17) is 0 Å². The molecule has 0 fully saturated rings. The van der Waals surface area contributed by atoms with Crippen LogP contribution in [-0.4, -0.2) is 0 Å². The highest BCUT2D eigenvalue weighted by atomic mass is 14.0. The molecule has 2 rings (SSSR count). The predicted molar refractivity (Wildman–Crippen MR) is 71.4 cm³/mol. The van der Waals surface area contributed by atoms with E-state index in [-0.39, 0.29) is 0 Å². The molecule has 2 aromatic carbocycles. The summed E-state index contributed by atoms with van der Waals surface area (Å²) < 4.78 is 0. The molecule has 0 atom stereocenters. The molecule has 0 aliphatic carbocycles. The number of benzene rings is 2. The highest BCUT2D eigenvalue weighted by Gasteiger charge is 1.99. The van der Waals surface area contributed by atoms with E-state index < -0.39 is 0 Å². The molecule has 0 saturated carbocycles. The number of hydrogen-bond donors (Lipinski definition) is 0. The average molecular weight is 208 g/mol. The van der Waals surface area contributed by atoms with Crippen molar-refractivity contribution in [1.82, 2.24) is 0 Å². The molecule has 0 aromatic heterocycles. The molecule has 0 unspecified atom stereocenters. The molecule has 0 heteroatoms. The van der Waals surface area contributed by atoms with E-state index in [1.165, 1.54) is 22.3 Å². The van der Waals surface area contributed by atoms with Gasteiger partial charge in [-0.15, -0.1) is 0 Å². The summed E-state index contributed by atoms with van der Waals surface area (Å²) in [5, 5.41) is 0. The first-order valence-electron chi connectivity index (χ1n) is 5.50. The third kappa shape index (κ3) is 2.22. The fourth-order valence-corrected chi connectivity index (χ4v) is 1.99. The minimum Gasteiger partial charge on any atom is -0.0985 e. The molecule has 0 nitrogen and oxygen atoms in total. The first-order valence-corrected chi connectivity index (χ1v) is 5.50. The normalized spacial score (nSPS) is 10.1. The second kappa shape index (κ2) is 4.36. The van der Waals surface area contributed by atoms with E-state index in [9.17, 15) is 0 Å². The van der Waals surface area contributed by atoms with Crippen LogP contribution in [0.2, 0.25) is 0 Å². The standard InChI is InChI=1S/C16H16/c1-4-14-6-5-7-15(11-14)16-9-12(2)8-13(3)10-16/h4-11H,1H2,2-3H3. The number of hydrogen-bond acceptors (Lipinski definition) is 0. The molecule has 0 spiro atoms. The summed E-state index contributed by atoms with van der Waals surface area (Å²) in [6.07, 6.45) is 1.88. The van der Waals surface area contributed by atoms with Gasteiger partial charge in [0.15, 0.2) is 0 Å². The van der Waals surface area contributed by atoms with Crippen LogP contribution in [0.3, 0.4) is 0 Å². The maximum atomic E-state index is 3.80. The van der Waals surface area contributed by atoms with Gasteiger partial charge in [0.1, 0.15) is 0 Å². The molecule has 0 saturated heterocycles. The maximum Gasteiger partial charge on any atom is -0.0178 e. The van der Waals surface area contributed by atoms with Crippen LogP contribution >= 0.6 is 0 Å². The third-order valence-corrected chi connectivity index (χ3v) is 2.68. The Morgan fingerprint density at radius 3 is 2.19 bits per heavy atom. The third-order valence-electron chi connectivity index (χ3n) is 2.68. The van der Waals surface area contributed by atoms with E-state index in [2.05, 4.69) is 62.9 Å². The second-order valence-electron chi connectivity index (χ2n) is 4.21. The van der Waals surface area contributed by atoms with Crippen LogP contribution in [0.25, 0.3) is 17.2 Å². The van der Waals surface area contributed by atoms with Crippen molar-refractivity contribution in [2.45, 2.75) is 13.8 Å². The van der Waals surface area contributed by atoms with Gasteiger partial charge >= 0.3 is 0 Å². The monoisotopic (exact) mass is 208 g/mol. The van der Waals surface area contributed by atoms with Crippen molar-refractivity contribution in [3.8, 4) is 11.1 Å². The van der Waals surface area contributed by atoms with Crippen molar-refractivity contribution in [3.05, 3.63) is 65.7 Å². The van der Waals surface area contributed by atoms with E-state index in [1.807, 2.05) is 6.08 Å². The summed E-state index contributed by atoms with van der Waals surface area (Å²) in [6.45, 7) is 8.07. The van der Waals surface area contributed by atoms with Gasteiger partial charge in [-0.2, -0.15) is 0 Å². The Labute approximate surface area is 97.3 Å². The van der Waals surface area contributed by atoms with Crippen molar-refractivity contribution >= 4 is 6.08 Å². The van der Waals surface area contributed by atoms with Crippen LogP contribution in [0.4, 0.5) is 0 Å². The van der Waals surface area contributed by atoms with Crippen molar-refractivity contribution in [1.29, 1.82) is 0 Å². The minimum atomic E-state index is 1.16. The smallest absolute Gasteiger partial charge is 0.0178 e. The molecule has 0 aliphatic heterocycles. The van der Waals surface area contributed by atoms with Crippen LogP contribution in [0, 0.1) is 13.8 Å². The Kier molecular flexibility index (Phi) is 2.91. The van der Waals surface area contributed by atoms with Crippen molar-refractivity contribution in [2.75, 3.05) is 0 Å². The van der Waals surface area contributed by atoms with Gasteiger partial charge in [0, 0.05) is 0 Å². The van der Waals surface area contributed by atoms with E-state index in [1.54, 1.807) is 0 Å². The van der Waals surface area contributed by atoms with E-state index in [0.29, 0.717) is 0 Å². The summed E-state index contributed by atoms with van der Waals surface area (Å²) >= 11 is 0. The van der Waals surface area contributed by atoms with Crippen LogP contribution in [0.5, 0.6) is 0 Å². The highest BCUT2D eigenvalue weighted by Crippen LogP contribution is 2.23. The summed E-state index contributed by atoms with van der Waals surface area (Å²) in [6, 6.07) is 15.1. The quantitative estimate of drug-likeness (QED) is 0.676. The minimum absolute atomic E-state index is 1.16. The summed E-state index contributed by atoms with van der Waals surface area (Å²) in [5.74, 6) is 0. The van der Waals surface area contributed by atoms with Gasteiger partial charge in [0.25, 0.3) is 0 Å². The molecular weight excluding hydrogens is 192 g/mol. The van der Waals surface area contributed by atoms with Crippen molar-refractivity contribution < 1.29 is 0 Å². The zero-order chi connectivity index (χ0) is 11.5. The molecule has 2 aromatic rings. The van der Waals surface area contributed by atoms with E-state index >= 15 is 0 Å². The Hall–Kier alpha value is -1.82. The number of aryl methyl sites for hydroxylation is 2. The van der Waals surface area contributed by atoms with Gasteiger partial charge in [-0.05, 0) is 36.6 Å². The zero-order valence-corrected chi connectivity index (χ0v) is 9.83. The molecule has 0 radical (unpaired) electrons. The predicted octanol–water partition coefficient (Wildman–Crippen LogP) is 4.61. The first kappa shape index (κ1) is 10.7. The molecule has 0 N–H and O–H groups in total. The average Bonchev–Trinajstić information content (AvgIpc) is 2.28. The summed E-state index contributed by atoms with van der Waals surface area (Å²) in [4.78, 5) is 0. The van der Waals surface area contributed by atoms with Crippen LogP contribution < -0.4 is 0 Å². The molecule has 0 aliphatic rings. The van der Waals surface area contributed by atoms with Gasteiger partial charge in [-0.25, -0.2) is 0 Å².